The molecule has 0 bridgehead atoms. The van der Waals surface area contributed by atoms with Gasteiger partial charge in [-0.3, -0.25) is 18.7 Å². The zero-order valence-corrected chi connectivity index (χ0v) is 14.8. The first-order valence-corrected chi connectivity index (χ1v) is 9.02. The fraction of sp³-hybridized carbons (Fsp3) is 0.222. The average Bonchev–Trinajstić information content (AvgIpc) is 2.85. The van der Waals surface area contributed by atoms with Gasteiger partial charge in [-0.2, -0.15) is 0 Å². The van der Waals surface area contributed by atoms with Gasteiger partial charge in [-0.15, -0.1) is 0 Å². The molecule has 0 radical (unpaired) electrons. The van der Waals surface area contributed by atoms with Crippen LogP contribution in [0, 0.1) is 0 Å². The normalized spacial score (nSPS) is 16.7. The SMILES string of the molecule is CC(C)(c1ccccc1)C(O[PH](=O)O)N1C(=O)c2ccccc2C1=O. The lowest BCUT2D eigenvalue weighted by Crippen LogP contribution is -2.51. The Kier molecular flexibility index (Phi) is 4.60. The minimum atomic E-state index is -3.39. The van der Waals surface area contributed by atoms with Crippen LogP contribution in [0.3, 0.4) is 0 Å². The Labute approximate surface area is 146 Å². The first-order valence-electron chi connectivity index (χ1n) is 7.76. The molecule has 2 unspecified atom stereocenters. The summed E-state index contributed by atoms with van der Waals surface area (Å²) in [5, 5.41) is 0. The molecule has 1 aliphatic heterocycles. The Balaban J connectivity index is 2.08. The molecule has 0 saturated heterocycles. The van der Waals surface area contributed by atoms with Gasteiger partial charge in [0.2, 0.25) is 0 Å². The van der Waals surface area contributed by atoms with Crippen molar-refractivity contribution in [2.24, 2.45) is 0 Å². The number of imide groups is 1. The third-order valence-electron chi connectivity index (χ3n) is 4.41. The summed E-state index contributed by atoms with van der Waals surface area (Å²) in [5.41, 5.74) is 0.419. The van der Waals surface area contributed by atoms with E-state index in [0.717, 1.165) is 10.5 Å². The Morgan fingerprint density at radius 1 is 0.960 bits per heavy atom. The molecular formula is C18H18NO5P. The fourth-order valence-electron chi connectivity index (χ4n) is 3.05. The Bertz CT molecular complexity index is 815. The molecule has 3 rings (SSSR count). The predicted octanol–water partition coefficient (Wildman–Crippen LogP) is 2.99. The quantitative estimate of drug-likeness (QED) is 0.655. The molecule has 0 aliphatic carbocycles. The summed E-state index contributed by atoms with van der Waals surface area (Å²) >= 11 is 0. The zero-order valence-electron chi connectivity index (χ0n) is 13.8. The Morgan fingerprint density at radius 2 is 1.44 bits per heavy atom. The summed E-state index contributed by atoms with van der Waals surface area (Å²) in [7, 11) is -3.39. The fourth-order valence-corrected chi connectivity index (χ4v) is 3.64. The van der Waals surface area contributed by atoms with Gasteiger partial charge in [-0.1, -0.05) is 56.3 Å². The molecule has 1 aliphatic rings. The maximum atomic E-state index is 12.8. The molecule has 0 fully saturated rings. The topological polar surface area (TPSA) is 83.9 Å². The van der Waals surface area contributed by atoms with Crippen LogP contribution in [0.15, 0.2) is 54.6 Å². The number of carbonyl (C=O) groups is 2. The second-order valence-electron chi connectivity index (χ2n) is 6.35. The molecule has 25 heavy (non-hydrogen) atoms. The highest BCUT2D eigenvalue weighted by Crippen LogP contribution is 2.39. The van der Waals surface area contributed by atoms with Crippen LogP contribution < -0.4 is 0 Å². The number of amides is 2. The maximum Gasteiger partial charge on any atom is 0.318 e. The van der Waals surface area contributed by atoms with Gasteiger partial charge < -0.3 is 4.89 Å². The van der Waals surface area contributed by atoms with E-state index in [1.165, 1.54) is 0 Å². The van der Waals surface area contributed by atoms with Crippen LogP contribution in [0.25, 0.3) is 0 Å². The molecule has 1 N–H and O–H groups in total. The van der Waals surface area contributed by atoms with E-state index in [1.807, 2.05) is 30.3 Å². The smallest absolute Gasteiger partial charge is 0.318 e. The number of nitrogens with zero attached hydrogens (tertiary/aromatic N) is 1. The molecule has 0 aromatic heterocycles. The van der Waals surface area contributed by atoms with Crippen LogP contribution in [-0.4, -0.2) is 27.8 Å². The van der Waals surface area contributed by atoms with E-state index >= 15 is 0 Å². The molecule has 2 aromatic rings. The standard InChI is InChI=1S/C18H18NO5P/c1-18(2,12-8-4-3-5-9-12)17(24-25(22)23)19-15(20)13-10-6-7-11-14(13)16(19)21/h3-11,17,25H,1-2H3,(H,22,23). The lowest BCUT2D eigenvalue weighted by molar-refractivity contribution is -0.00510. The van der Waals surface area contributed by atoms with E-state index in [4.69, 9.17) is 4.52 Å². The first kappa shape index (κ1) is 17.5. The zero-order chi connectivity index (χ0) is 18.2. The van der Waals surface area contributed by atoms with Crippen molar-refractivity contribution in [3.8, 4) is 0 Å². The van der Waals surface area contributed by atoms with Gasteiger partial charge in [0, 0.05) is 5.41 Å². The van der Waals surface area contributed by atoms with Gasteiger partial charge in [-0.25, -0.2) is 4.90 Å². The lowest BCUT2D eigenvalue weighted by Gasteiger charge is -2.38. The van der Waals surface area contributed by atoms with Crippen molar-refractivity contribution < 1.29 is 23.6 Å². The number of carbonyl (C=O) groups excluding carboxylic acids is 2. The van der Waals surface area contributed by atoms with Crippen LogP contribution in [0.2, 0.25) is 0 Å². The number of hydrogen-bond acceptors (Lipinski definition) is 4. The first-order chi connectivity index (χ1) is 11.8. The second-order valence-corrected chi connectivity index (χ2v) is 7.12. The molecule has 2 amide bonds. The van der Waals surface area contributed by atoms with E-state index in [1.54, 1.807) is 38.1 Å². The second kappa shape index (κ2) is 6.56. The van der Waals surface area contributed by atoms with E-state index in [0.29, 0.717) is 0 Å². The van der Waals surface area contributed by atoms with Gasteiger partial charge in [0.25, 0.3) is 11.8 Å². The summed E-state index contributed by atoms with van der Waals surface area (Å²) in [5.74, 6) is -1.06. The van der Waals surface area contributed by atoms with Crippen molar-refractivity contribution in [2.45, 2.75) is 25.5 Å². The maximum absolute atomic E-state index is 12.8. The van der Waals surface area contributed by atoms with Crippen molar-refractivity contribution in [3.63, 3.8) is 0 Å². The summed E-state index contributed by atoms with van der Waals surface area (Å²) in [6.07, 6.45) is -1.21. The monoisotopic (exact) mass is 359 g/mol. The number of fused-ring (bicyclic) bond motifs is 1. The molecule has 0 spiro atoms. The molecule has 0 saturated carbocycles. The third-order valence-corrected chi connectivity index (χ3v) is 4.83. The van der Waals surface area contributed by atoms with Crippen molar-refractivity contribution in [1.29, 1.82) is 0 Å². The van der Waals surface area contributed by atoms with Crippen molar-refractivity contribution in [2.75, 3.05) is 0 Å². The molecule has 7 heteroatoms. The van der Waals surface area contributed by atoms with Crippen LogP contribution in [-0.2, 0) is 14.5 Å². The van der Waals surface area contributed by atoms with Crippen molar-refractivity contribution in [1.82, 2.24) is 4.90 Å². The number of hydrogen-bond donors (Lipinski definition) is 1. The largest absolute Gasteiger partial charge is 0.326 e. The highest BCUT2D eigenvalue weighted by atomic mass is 31.1. The number of rotatable bonds is 5. The predicted molar refractivity (Wildman–Crippen MR) is 92.5 cm³/mol. The van der Waals surface area contributed by atoms with Gasteiger partial charge in [0.15, 0.2) is 6.23 Å². The molecule has 6 nitrogen and oxygen atoms in total. The summed E-state index contributed by atoms with van der Waals surface area (Å²) in [6, 6.07) is 15.6. The van der Waals surface area contributed by atoms with E-state index < -0.39 is 31.7 Å². The highest BCUT2D eigenvalue weighted by molar-refractivity contribution is 7.32. The van der Waals surface area contributed by atoms with Crippen LogP contribution in [0.4, 0.5) is 0 Å². The molecular weight excluding hydrogens is 341 g/mol. The summed E-state index contributed by atoms with van der Waals surface area (Å²) in [4.78, 5) is 35.8. The van der Waals surface area contributed by atoms with E-state index in [9.17, 15) is 19.0 Å². The van der Waals surface area contributed by atoms with E-state index in [2.05, 4.69) is 0 Å². The van der Waals surface area contributed by atoms with Crippen LogP contribution in [0.5, 0.6) is 0 Å². The Morgan fingerprint density at radius 3 is 1.92 bits per heavy atom. The van der Waals surface area contributed by atoms with Gasteiger partial charge >= 0.3 is 8.25 Å². The van der Waals surface area contributed by atoms with Gasteiger partial charge in [-0.05, 0) is 17.7 Å². The summed E-state index contributed by atoms with van der Waals surface area (Å²) < 4.78 is 16.7. The lowest BCUT2D eigenvalue weighted by atomic mass is 9.82. The van der Waals surface area contributed by atoms with Crippen LogP contribution >= 0.6 is 8.25 Å². The molecule has 2 atom stereocenters. The minimum absolute atomic E-state index is 0.266. The molecule has 2 aromatic carbocycles. The van der Waals surface area contributed by atoms with Crippen LogP contribution in [0.1, 0.15) is 40.1 Å². The highest BCUT2D eigenvalue weighted by Gasteiger charge is 2.47. The average molecular weight is 359 g/mol. The van der Waals surface area contributed by atoms with Crippen molar-refractivity contribution >= 4 is 20.1 Å². The molecule has 1 heterocycles. The van der Waals surface area contributed by atoms with Gasteiger partial charge in [0.1, 0.15) is 0 Å². The molecule has 130 valence electrons. The Hall–Kier alpha value is -2.27. The number of benzene rings is 2. The van der Waals surface area contributed by atoms with Gasteiger partial charge in [0.05, 0.1) is 11.1 Å². The van der Waals surface area contributed by atoms with Crippen molar-refractivity contribution in [3.05, 3.63) is 71.3 Å². The third kappa shape index (κ3) is 3.04. The summed E-state index contributed by atoms with van der Waals surface area (Å²) in [6.45, 7) is 3.53. The van der Waals surface area contributed by atoms with E-state index in [-0.39, 0.29) is 11.1 Å². The minimum Gasteiger partial charge on any atom is -0.326 e.